The molecule has 0 radical (unpaired) electrons. The molecule has 0 bridgehead atoms. The zero-order valence-corrected chi connectivity index (χ0v) is 12.3. The van der Waals surface area contributed by atoms with E-state index < -0.39 is 6.10 Å². The minimum atomic E-state index is -0.504. The maximum Gasteiger partial charge on any atom is 0.239 e. The Balaban J connectivity index is 2.36. The monoisotopic (exact) mass is 280 g/mol. The summed E-state index contributed by atoms with van der Waals surface area (Å²) in [6.45, 7) is 4.40. The van der Waals surface area contributed by atoms with Crippen molar-refractivity contribution in [1.29, 1.82) is 0 Å². The van der Waals surface area contributed by atoms with Gasteiger partial charge in [-0.2, -0.15) is 0 Å². The number of nitrogens with one attached hydrogen (secondary N) is 2. The van der Waals surface area contributed by atoms with Crippen LogP contribution in [0.25, 0.3) is 0 Å². The molecule has 0 aliphatic heterocycles. The highest BCUT2D eigenvalue weighted by Gasteiger charge is 2.13. The summed E-state index contributed by atoms with van der Waals surface area (Å²) in [4.78, 5) is 11.7. The van der Waals surface area contributed by atoms with Crippen LogP contribution < -0.4 is 15.4 Å². The molecule has 5 heteroatoms. The normalized spacial score (nSPS) is 13.4. The van der Waals surface area contributed by atoms with Crippen molar-refractivity contribution in [2.24, 2.45) is 5.92 Å². The molecule has 0 saturated heterocycles. The Morgan fingerprint density at radius 3 is 2.75 bits per heavy atom. The van der Waals surface area contributed by atoms with Crippen LogP contribution in [0.1, 0.15) is 20.3 Å². The number of anilines is 1. The second kappa shape index (κ2) is 8.43. The molecule has 0 aliphatic carbocycles. The molecule has 112 valence electrons. The molecule has 5 nitrogen and oxygen atoms in total. The third-order valence-corrected chi connectivity index (χ3v) is 3.36. The molecule has 0 heterocycles. The number of benzene rings is 1. The summed E-state index contributed by atoms with van der Waals surface area (Å²) in [5.41, 5.74) is 0.771. The predicted molar refractivity (Wildman–Crippen MR) is 80.0 cm³/mol. The maximum absolute atomic E-state index is 11.7. The fourth-order valence-electron chi connectivity index (χ4n) is 1.72. The largest absolute Gasteiger partial charge is 0.495 e. The molecule has 1 rings (SSSR count). The molecule has 0 saturated carbocycles. The summed E-state index contributed by atoms with van der Waals surface area (Å²) in [6.07, 6.45) is 0.381. The van der Waals surface area contributed by atoms with E-state index in [1.54, 1.807) is 7.11 Å². The number of aliphatic hydroxyl groups is 1. The molecule has 1 aromatic rings. The van der Waals surface area contributed by atoms with E-state index in [2.05, 4.69) is 10.6 Å². The molecule has 2 unspecified atom stereocenters. The van der Waals surface area contributed by atoms with Gasteiger partial charge >= 0.3 is 0 Å². The standard InChI is InChI=1S/C15H24N2O3/c1-4-11(2)13(18)9-17-15(19)10-16-12-7-5-6-8-14(12)20-3/h5-8,11,13,16,18H,4,9-10H2,1-3H3,(H,17,19). The molecule has 1 aromatic carbocycles. The van der Waals surface area contributed by atoms with Crippen LogP contribution in [0.3, 0.4) is 0 Å². The van der Waals surface area contributed by atoms with Crippen LogP contribution >= 0.6 is 0 Å². The van der Waals surface area contributed by atoms with E-state index in [1.807, 2.05) is 38.1 Å². The van der Waals surface area contributed by atoms with E-state index in [9.17, 15) is 9.90 Å². The number of carbonyl (C=O) groups is 1. The quantitative estimate of drug-likeness (QED) is 0.677. The molecular weight excluding hydrogens is 256 g/mol. The third kappa shape index (κ3) is 5.09. The smallest absolute Gasteiger partial charge is 0.239 e. The van der Waals surface area contributed by atoms with Gasteiger partial charge in [0.15, 0.2) is 0 Å². The maximum atomic E-state index is 11.7. The number of hydrogen-bond donors (Lipinski definition) is 3. The van der Waals surface area contributed by atoms with E-state index in [0.717, 1.165) is 12.1 Å². The van der Waals surface area contributed by atoms with Crippen LogP contribution in [0.2, 0.25) is 0 Å². The summed E-state index contributed by atoms with van der Waals surface area (Å²) in [5.74, 6) is 0.718. The van der Waals surface area contributed by atoms with E-state index in [-0.39, 0.29) is 24.9 Å². The van der Waals surface area contributed by atoms with Crippen molar-refractivity contribution < 1.29 is 14.6 Å². The minimum Gasteiger partial charge on any atom is -0.495 e. The number of para-hydroxylation sites is 2. The Bertz CT molecular complexity index is 423. The number of aliphatic hydroxyl groups excluding tert-OH is 1. The number of methoxy groups -OCH3 is 1. The molecule has 0 aromatic heterocycles. The molecule has 0 aliphatic rings. The molecule has 3 N–H and O–H groups in total. The molecule has 20 heavy (non-hydrogen) atoms. The van der Waals surface area contributed by atoms with Crippen LogP contribution in [0.5, 0.6) is 5.75 Å². The first kappa shape index (κ1) is 16.3. The van der Waals surface area contributed by atoms with Crippen molar-refractivity contribution in [1.82, 2.24) is 5.32 Å². The van der Waals surface area contributed by atoms with Gasteiger partial charge in [0.05, 0.1) is 25.4 Å². The fraction of sp³-hybridized carbons (Fsp3) is 0.533. The van der Waals surface area contributed by atoms with Gasteiger partial charge in [0.1, 0.15) is 5.75 Å². The first-order valence-corrected chi connectivity index (χ1v) is 6.90. The van der Waals surface area contributed by atoms with Crippen molar-refractivity contribution >= 4 is 11.6 Å². The highest BCUT2D eigenvalue weighted by molar-refractivity contribution is 5.81. The number of ether oxygens (including phenoxy) is 1. The van der Waals surface area contributed by atoms with Gasteiger partial charge in [-0.15, -0.1) is 0 Å². The summed E-state index contributed by atoms with van der Waals surface area (Å²) >= 11 is 0. The lowest BCUT2D eigenvalue weighted by atomic mass is 10.0. The van der Waals surface area contributed by atoms with Crippen LogP contribution in [0.15, 0.2) is 24.3 Å². The SMILES string of the molecule is CCC(C)C(O)CNC(=O)CNc1ccccc1OC. The van der Waals surface area contributed by atoms with Crippen molar-refractivity contribution in [3.63, 3.8) is 0 Å². The van der Waals surface area contributed by atoms with Gasteiger partial charge in [0.2, 0.25) is 5.91 Å². The van der Waals surface area contributed by atoms with Gasteiger partial charge in [-0.05, 0) is 18.1 Å². The second-order valence-corrected chi connectivity index (χ2v) is 4.81. The molecular formula is C15H24N2O3. The first-order chi connectivity index (χ1) is 9.58. The minimum absolute atomic E-state index is 0.146. The van der Waals surface area contributed by atoms with Gasteiger partial charge in [-0.1, -0.05) is 32.4 Å². The van der Waals surface area contributed by atoms with E-state index >= 15 is 0 Å². The van der Waals surface area contributed by atoms with Gasteiger partial charge in [0.25, 0.3) is 0 Å². The second-order valence-electron chi connectivity index (χ2n) is 4.81. The summed E-state index contributed by atoms with van der Waals surface area (Å²) in [7, 11) is 1.59. The number of hydrogen-bond acceptors (Lipinski definition) is 4. The van der Waals surface area contributed by atoms with Gasteiger partial charge in [-0.25, -0.2) is 0 Å². The summed E-state index contributed by atoms with van der Waals surface area (Å²) < 4.78 is 5.19. The molecule has 0 fully saturated rings. The van der Waals surface area contributed by atoms with Gasteiger partial charge < -0.3 is 20.5 Å². The van der Waals surface area contributed by atoms with Gasteiger partial charge in [0, 0.05) is 6.54 Å². The Morgan fingerprint density at radius 1 is 1.40 bits per heavy atom. The highest BCUT2D eigenvalue weighted by Crippen LogP contribution is 2.22. The lowest BCUT2D eigenvalue weighted by molar-refractivity contribution is -0.120. The third-order valence-electron chi connectivity index (χ3n) is 3.36. The van der Waals surface area contributed by atoms with E-state index in [4.69, 9.17) is 4.74 Å². The van der Waals surface area contributed by atoms with Crippen LogP contribution in [0.4, 0.5) is 5.69 Å². The molecule has 0 spiro atoms. The topological polar surface area (TPSA) is 70.6 Å². The van der Waals surface area contributed by atoms with Crippen molar-refractivity contribution in [3.05, 3.63) is 24.3 Å². The Hall–Kier alpha value is -1.75. The first-order valence-electron chi connectivity index (χ1n) is 6.90. The Morgan fingerprint density at radius 2 is 2.10 bits per heavy atom. The van der Waals surface area contributed by atoms with E-state index in [1.165, 1.54) is 0 Å². The lowest BCUT2D eigenvalue weighted by Crippen LogP contribution is -2.38. The van der Waals surface area contributed by atoms with Crippen molar-refractivity contribution in [3.8, 4) is 5.75 Å². The Kier molecular flexibility index (Phi) is 6.87. The van der Waals surface area contributed by atoms with Crippen LogP contribution in [0, 0.1) is 5.92 Å². The zero-order valence-electron chi connectivity index (χ0n) is 12.3. The highest BCUT2D eigenvalue weighted by atomic mass is 16.5. The number of rotatable bonds is 8. The average molecular weight is 280 g/mol. The summed E-state index contributed by atoms with van der Waals surface area (Å²) in [5, 5.41) is 15.5. The zero-order chi connectivity index (χ0) is 15.0. The molecule has 1 amide bonds. The van der Waals surface area contributed by atoms with Crippen molar-refractivity contribution in [2.45, 2.75) is 26.4 Å². The fourth-order valence-corrected chi connectivity index (χ4v) is 1.72. The lowest BCUT2D eigenvalue weighted by Gasteiger charge is -2.18. The van der Waals surface area contributed by atoms with Crippen LogP contribution in [-0.4, -0.2) is 37.3 Å². The van der Waals surface area contributed by atoms with Gasteiger partial charge in [-0.3, -0.25) is 4.79 Å². The summed E-state index contributed by atoms with van der Waals surface area (Å²) in [6, 6.07) is 7.41. The molecule has 2 atom stereocenters. The average Bonchev–Trinajstić information content (AvgIpc) is 2.49. The number of amides is 1. The number of carbonyl (C=O) groups excluding carboxylic acids is 1. The van der Waals surface area contributed by atoms with Crippen molar-refractivity contribution in [2.75, 3.05) is 25.5 Å². The Labute approximate surface area is 120 Å². The predicted octanol–water partition coefficient (Wildman–Crippen LogP) is 1.63. The van der Waals surface area contributed by atoms with E-state index in [0.29, 0.717) is 5.75 Å². The van der Waals surface area contributed by atoms with Crippen LogP contribution in [-0.2, 0) is 4.79 Å².